The van der Waals surface area contributed by atoms with Crippen molar-refractivity contribution in [2.24, 2.45) is 0 Å². The third-order valence-corrected chi connectivity index (χ3v) is 2.56. The first kappa shape index (κ1) is 10.9. The zero-order valence-corrected chi connectivity index (χ0v) is 8.17. The number of β-amino-alcohol motifs (C(OH)–C–C–N with tert-alkyl or cyclic N) is 1. The van der Waals surface area contributed by atoms with E-state index in [0.29, 0.717) is 12.6 Å². The summed E-state index contributed by atoms with van der Waals surface area (Å²) >= 11 is 0. The molecule has 0 saturated carbocycles. The Kier molecular flexibility index (Phi) is 4.62. The van der Waals surface area contributed by atoms with Crippen molar-refractivity contribution in [3.63, 3.8) is 0 Å². The lowest BCUT2D eigenvalue weighted by Crippen LogP contribution is -2.47. The highest BCUT2D eigenvalue weighted by Crippen LogP contribution is 2.09. The summed E-state index contributed by atoms with van der Waals surface area (Å²) in [5, 5.41) is 12.3. The Labute approximate surface area is 78.9 Å². The van der Waals surface area contributed by atoms with Crippen molar-refractivity contribution in [1.29, 1.82) is 0 Å². The van der Waals surface area contributed by atoms with Crippen molar-refractivity contribution in [2.45, 2.75) is 25.0 Å². The molecule has 0 aromatic rings. The minimum atomic E-state index is -0.810. The molecule has 0 aromatic carbocycles. The molecule has 0 spiro atoms. The average Bonchev–Trinajstić information content (AvgIpc) is 2.18. The first-order valence-electron chi connectivity index (χ1n) is 4.90. The number of hydrogen-bond acceptors (Lipinski definition) is 3. The van der Waals surface area contributed by atoms with Gasteiger partial charge in [0.1, 0.15) is 6.67 Å². The van der Waals surface area contributed by atoms with E-state index in [9.17, 15) is 4.39 Å². The Hall–Kier alpha value is -0.190. The molecule has 1 saturated heterocycles. The quantitative estimate of drug-likeness (QED) is 0.655. The van der Waals surface area contributed by atoms with Gasteiger partial charge in [-0.15, -0.1) is 0 Å². The summed E-state index contributed by atoms with van der Waals surface area (Å²) in [5.41, 5.74) is 0. The molecule has 0 radical (unpaired) electrons. The fraction of sp³-hybridized carbons (Fsp3) is 1.00. The highest BCUT2D eigenvalue weighted by molar-refractivity contribution is 4.78. The summed E-state index contributed by atoms with van der Waals surface area (Å²) in [4.78, 5) is 2.12. The van der Waals surface area contributed by atoms with Crippen LogP contribution in [0.2, 0.25) is 0 Å². The molecule has 2 unspecified atom stereocenters. The number of halogens is 1. The van der Waals surface area contributed by atoms with Gasteiger partial charge in [0, 0.05) is 19.1 Å². The van der Waals surface area contributed by atoms with E-state index in [2.05, 4.69) is 10.2 Å². The van der Waals surface area contributed by atoms with Crippen LogP contribution >= 0.6 is 0 Å². The van der Waals surface area contributed by atoms with Crippen LogP contribution in [0.1, 0.15) is 12.8 Å². The van der Waals surface area contributed by atoms with Crippen LogP contribution in [0.25, 0.3) is 0 Å². The van der Waals surface area contributed by atoms with Gasteiger partial charge in [-0.05, 0) is 26.4 Å². The number of rotatable bonds is 4. The first-order valence-corrected chi connectivity index (χ1v) is 4.90. The van der Waals surface area contributed by atoms with Crippen molar-refractivity contribution in [1.82, 2.24) is 10.2 Å². The molecule has 13 heavy (non-hydrogen) atoms. The van der Waals surface area contributed by atoms with E-state index in [1.807, 2.05) is 7.05 Å². The molecule has 4 heteroatoms. The molecule has 1 fully saturated rings. The average molecular weight is 190 g/mol. The lowest BCUT2D eigenvalue weighted by Gasteiger charge is -2.33. The molecule has 3 nitrogen and oxygen atoms in total. The van der Waals surface area contributed by atoms with Gasteiger partial charge in [-0.2, -0.15) is 0 Å². The number of likely N-dealkylation sites (tertiary alicyclic amines) is 1. The van der Waals surface area contributed by atoms with E-state index in [4.69, 9.17) is 5.11 Å². The van der Waals surface area contributed by atoms with E-state index >= 15 is 0 Å². The highest BCUT2D eigenvalue weighted by Gasteiger charge is 2.20. The second-order valence-electron chi connectivity index (χ2n) is 3.70. The zero-order chi connectivity index (χ0) is 9.68. The van der Waals surface area contributed by atoms with E-state index in [-0.39, 0.29) is 0 Å². The maximum atomic E-state index is 12.0. The van der Waals surface area contributed by atoms with Crippen LogP contribution in [-0.4, -0.2) is 55.5 Å². The molecule has 78 valence electrons. The molecule has 1 rings (SSSR count). The molecule has 1 aliphatic rings. The van der Waals surface area contributed by atoms with E-state index < -0.39 is 12.8 Å². The Bertz CT molecular complexity index is 144. The summed E-state index contributed by atoms with van der Waals surface area (Å²) in [6.07, 6.45) is 1.50. The van der Waals surface area contributed by atoms with E-state index in [0.717, 1.165) is 19.5 Å². The number of hydrogen-bond donors (Lipinski definition) is 2. The van der Waals surface area contributed by atoms with Gasteiger partial charge in [-0.1, -0.05) is 0 Å². The molecule has 2 atom stereocenters. The van der Waals surface area contributed by atoms with Crippen molar-refractivity contribution in [2.75, 3.05) is 33.4 Å². The first-order chi connectivity index (χ1) is 6.26. The predicted molar refractivity (Wildman–Crippen MR) is 50.5 cm³/mol. The largest absolute Gasteiger partial charge is 0.389 e. The van der Waals surface area contributed by atoms with E-state index in [1.165, 1.54) is 6.42 Å². The minimum absolute atomic E-state index is 0.467. The molecular formula is C9H19FN2O. The Balaban J connectivity index is 2.25. The monoisotopic (exact) mass is 190 g/mol. The van der Waals surface area contributed by atoms with E-state index in [1.54, 1.807) is 0 Å². The third-order valence-electron chi connectivity index (χ3n) is 2.56. The number of nitrogens with one attached hydrogen (secondary N) is 1. The molecule has 1 heterocycles. The Morgan fingerprint density at radius 1 is 1.69 bits per heavy atom. The second kappa shape index (κ2) is 5.52. The van der Waals surface area contributed by atoms with Crippen molar-refractivity contribution >= 4 is 0 Å². The lowest BCUT2D eigenvalue weighted by molar-refractivity contribution is 0.0744. The van der Waals surface area contributed by atoms with Crippen molar-refractivity contribution < 1.29 is 9.50 Å². The van der Waals surface area contributed by atoms with Crippen LogP contribution in [0.3, 0.4) is 0 Å². The topological polar surface area (TPSA) is 35.5 Å². The van der Waals surface area contributed by atoms with Gasteiger partial charge in [0.2, 0.25) is 0 Å². The fourth-order valence-electron chi connectivity index (χ4n) is 1.80. The highest BCUT2D eigenvalue weighted by atomic mass is 19.1. The summed E-state index contributed by atoms with van der Waals surface area (Å²) in [5.74, 6) is 0. The summed E-state index contributed by atoms with van der Waals surface area (Å²) < 4.78 is 12.0. The Morgan fingerprint density at radius 2 is 2.46 bits per heavy atom. The van der Waals surface area contributed by atoms with Gasteiger partial charge in [-0.3, -0.25) is 4.90 Å². The third kappa shape index (κ3) is 3.58. The van der Waals surface area contributed by atoms with Crippen LogP contribution < -0.4 is 5.32 Å². The smallest absolute Gasteiger partial charge is 0.117 e. The maximum Gasteiger partial charge on any atom is 0.117 e. The molecule has 2 N–H and O–H groups in total. The number of alkyl halides is 1. The zero-order valence-electron chi connectivity index (χ0n) is 8.17. The van der Waals surface area contributed by atoms with Gasteiger partial charge in [0.25, 0.3) is 0 Å². The second-order valence-corrected chi connectivity index (χ2v) is 3.70. The molecular weight excluding hydrogens is 171 g/mol. The van der Waals surface area contributed by atoms with Crippen LogP contribution in [0, 0.1) is 0 Å². The number of piperidine rings is 1. The molecule has 0 aromatic heterocycles. The number of aliphatic hydroxyl groups excluding tert-OH is 1. The van der Waals surface area contributed by atoms with Crippen LogP contribution in [0.5, 0.6) is 0 Å². The van der Waals surface area contributed by atoms with Gasteiger partial charge in [0.15, 0.2) is 0 Å². The SMILES string of the molecule is CNC1CCCN(CC(O)CF)C1. The number of likely N-dealkylation sites (N-methyl/N-ethyl adjacent to an activating group) is 1. The lowest BCUT2D eigenvalue weighted by atomic mass is 10.1. The number of aliphatic hydroxyl groups is 1. The van der Waals surface area contributed by atoms with Gasteiger partial charge in [0.05, 0.1) is 6.10 Å². The van der Waals surface area contributed by atoms with Crippen LogP contribution in [0.15, 0.2) is 0 Å². The maximum absolute atomic E-state index is 12.0. The van der Waals surface area contributed by atoms with Crippen LogP contribution in [0.4, 0.5) is 4.39 Å². The normalized spacial score (nSPS) is 27.5. The number of nitrogens with zero attached hydrogens (tertiary/aromatic N) is 1. The minimum Gasteiger partial charge on any atom is -0.389 e. The molecule has 0 aliphatic carbocycles. The van der Waals surface area contributed by atoms with Crippen molar-refractivity contribution in [3.05, 3.63) is 0 Å². The molecule has 1 aliphatic heterocycles. The summed E-state index contributed by atoms with van der Waals surface area (Å²) in [6.45, 7) is 1.73. The van der Waals surface area contributed by atoms with Crippen molar-refractivity contribution in [3.8, 4) is 0 Å². The predicted octanol–water partition coefficient (Wildman–Crippen LogP) is 0.000600. The molecule has 0 amide bonds. The Morgan fingerprint density at radius 3 is 3.08 bits per heavy atom. The van der Waals surface area contributed by atoms with Crippen LogP contribution in [-0.2, 0) is 0 Å². The standard InChI is InChI=1S/C9H19FN2O/c1-11-8-3-2-4-12(6-8)7-9(13)5-10/h8-9,11,13H,2-7H2,1H3. The van der Waals surface area contributed by atoms with Gasteiger partial charge < -0.3 is 10.4 Å². The van der Waals surface area contributed by atoms with Gasteiger partial charge >= 0.3 is 0 Å². The summed E-state index contributed by atoms with van der Waals surface area (Å²) in [6, 6.07) is 0.501. The molecule has 0 bridgehead atoms. The fourth-order valence-corrected chi connectivity index (χ4v) is 1.80. The summed E-state index contributed by atoms with van der Waals surface area (Å²) in [7, 11) is 1.94. The van der Waals surface area contributed by atoms with Gasteiger partial charge in [-0.25, -0.2) is 4.39 Å².